The Morgan fingerprint density at radius 2 is 1.44 bits per heavy atom. The van der Waals surface area contributed by atoms with Crippen molar-refractivity contribution in [2.45, 2.75) is 12.2 Å². The summed E-state index contributed by atoms with van der Waals surface area (Å²) in [6.07, 6.45) is -0.943. The number of ketones is 1. The van der Waals surface area contributed by atoms with Crippen LogP contribution in [0.2, 0.25) is 0 Å². The van der Waals surface area contributed by atoms with Crippen LogP contribution >= 0.6 is 15.9 Å². The SMILES string of the molecule is COc1cc(Br)c(C(=O)[C@@H](c2cc(OC)c3c(c2OC)OCO3)C(OC)OC)cc1OC. The zero-order chi connectivity index (χ0) is 23.4. The van der Waals surface area contributed by atoms with Gasteiger partial charge in [-0.05, 0) is 34.1 Å². The van der Waals surface area contributed by atoms with E-state index in [1.54, 1.807) is 18.2 Å². The van der Waals surface area contributed by atoms with E-state index in [0.717, 1.165) is 0 Å². The molecular weight excluding hydrogens is 488 g/mol. The smallest absolute Gasteiger partial charge is 0.231 e. The number of rotatable bonds is 10. The van der Waals surface area contributed by atoms with Crippen LogP contribution in [0, 0.1) is 0 Å². The van der Waals surface area contributed by atoms with E-state index in [1.807, 2.05) is 0 Å². The zero-order valence-electron chi connectivity index (χ0n) is 18.6. The number of Topliss-reactive ketones (excluding diaryl/α,β-unsaturated/α-hetero) is 1. The van der Waals surface area contributed by atoms with Crippen molar-refractivity contribution in [2.24, 2.45) is 0 Å². The van der Waals surface area contributed by atoms with Crippen LogP contribution in [0.3, 0.4) is 0 Å². The van der Waals surface area contributed by atoms with Gasteiger partial charge in [-0.2, -0.15) is 0 Å². The van der Waals surface area contributed by atoms with E-state index in [0.29, 0.717) is 50.1 Å². The van der Waals surface area contributed by atoms with Crippen molar-refractivity contribution in [3.05, 3.63) is 33.8 Å². The van der Waals surface area contributed by atoms with Gasteiger partial charge in [0.1, 0.15) is 5.92 Å². The average Bonchev–Trinajstić information content (AvgIpc) is 3.30. The summed E-state index contributed by atoms with van der Waals surface area (Å²) in [5.41, 5.74) is 0.791. The lowest BCUT2D eigenvalue weighted by atomic mass is 9.88. The van der Waals surface area contributed by atoms with Gasteiger partial charge in [-0.15, -0.1) is 0 Å². The molecule has 32 heavy (non-hydrogen) atoms. The summed E-state index contributed by atoms with van der Waals surface area (Å²) in [6, 6.07) is 4.92. The number of carbonyl (C=O) groups excluding carboxylic acids is 1. The number of carbonyl (C=O) groups is 1. The fourth-order valence-corrected chi connectivity index (χ4v) is 4.13. The highest BCUT2D eigenvalue weighted by Gasteiger charge is 2.39. The van der Waals surface area contributed by atoms with E-state index in [4.69, 9.17) is 37.9 Å². The standard InChI is InChI=1S/C22H25BrO9/c1-25-14-7-11(13(23)9-15(14)26-2)18(24)17(22(29-5)30-6)12-8-16(27-3)20-21(19(12)28-4)32-10-31-20/h7-9,17,22H,10H2,1-6H3/t17-/m1/s1. The van der Waals surface area contributed by atoms with Gasteiger partial charge in [-0.3, -0.25) is 4.79 Å². The molecule has 174 valence electrons. The minimum Gasteiger partial charge on any atom is -0.493 e. The summed E-state index contributed by atoms with van der Waals surface area (Å²) in [6.45, 7) is 0.00330. The summed E-state index contributed by atoms with van der Waals surface area (Å²) in [5.74, 6) is 1.08. The summed E-state index contributed by atoms with van der Waals surface area (Å²) in [5, 5.41) is 0. The van der Waals surface area contributed by atoms with Gasteiger partial charge in [0.25, 0.3) is 0 Å². The first-order valence-electron chi connectivity index (χ1n) is 9.51. The van der Waals surface area contributed by atoms with E-state index in [9.17, 15) is 4.79 Å². The zero-order valence-corrected chi connectivity index (χ0v) is 20.2. The number of methoxy groups -OCH3 is 6. The molecule has 0 radical (unpaired) electrons. The minimum absolute atomic E-state index is 0.00330. The monoisotopic (exact) mass is 512 g/mol. The lowest BCUT2D eigenvalue weighted by Crippen LogP contribution is -2.30. The highest BCUT2D eigenvalue weighted by atomic mass is 79.9. The van der Waals surface area contributed by atoms with Gasteiger partial charge >= 0.3 is 0 Å². The molecule has 0 aromatic heterocycles. The second-order valence-corrected chi connectivity index (χ2v) is 7.49. The van der Waals surface area contributed by atoms with Gasteiger partial charge in [0.05, 0.1) is 28.4 Å². The van der Waals surface area contributed by atoms with Crippen LogP contribution in [0.1, 0.15) is 21.8 Å². The highest BCUT2D eigenvalue weighted by molar-refractivity contribution is 9.10. The Bertz CT molecular complexity index is 988. The van der Waals surface area contributed by atoms with Gasteiger partial charge < -0.3 is 37.9 Å². The minimum atomic E-state index is -0.947. The predicted octanol–water partition coefficient (Wildman–Crippen LogP) is 3.80. The third kappa shape index (κ3) is 4.17. The van der Waals surface area contributed by atoms with Gasteiger partial charge in [-0.25, -0.2) is 0 Å². The maximum Gasteiger partial charge on any atom is 0.231 e. The maximum atomic E-state index is 13.9. The van der Waals surface area contributed by atoms with Crippen molar-refractivity contribution in [2.75, 3.05) is 49.5 Å². The second-order valence-electron chi connectivity index (χ2n) is 6.63. The van der Waals surface area contributed by atoms with Crippen LogP contribution in [0.4, 0.5) is 0 Å². The molecule has 0 amide bonds. The molecule has 0 fully saturated rings. The lowest BCUT2D eigenvalue weighted by molar-refractivity contribution is -0.110. The topological polar surface area (TPSA) is 90.9 Å². The van der Waals surface area contributed by atoms with E-state index in [2.05, 4.69) is 15.9 Å². The molecule has 3 rings (SSSR count). The number of benzene rings is 2. The second kappa shape index (κ2) is 10.3. The van der Waals surface area contributed by atoms with Crippen molar-refractivity contribution < 1.29 is 42.7 Å². The number of hydrogen-bond donors (Lipinski definition) is 0. The van der Waals surface area contributed by atoms with E-state index in [-0.39, 0.29) is 12.6 Å². The summed E-state index contributed by atoms with van der Waals surface area (Å²) >= 11 is 3.46. The van der Waals surface area contributed by atoms with Crippen LogP contribution in [-0.4, -0.2) is 61.5 Å². The fraction of sp³-hybridized carbons (Fsp3) is 0.409. The molecule has 10 heteroatoms. The molecule has 0 bridgehead atoms. The lowest BCUT2D eigenvalue weighted by Gasteiger charge is -2.27. The van der Waals surface area contributed by atoms with E-state index >= 15 is 0 Å². The Balaban J connectivity index is 2.23. The van der Waals surface area contributed by atoms with Crippen LogP contribution in [0.15, 0.2) is 22.7 Å². The number of fused-ring (bicyclic) bond motifs is 1. The first-order valence-corrected chi connectivity index (χ1v) is 10.3. The van der Waals surface area contributed by atoms with Crippen molar-refractivity contribution >= 4 is 21.7 Å². The van der Waals surface area contributed by atoms with Gasteiger partial charge in [0, 0.05) is 29.8 Å². The number of ether oxygens (including phenoxy) is 8. The predicted molar refractivity (Wildman–Crippen MR) is 118 cm³/mol. The van der Waals surface area contributed by atoms with Crippen LogP contribution < -0.4 is 28.4 Å². The van der Waals surface area contributed by atoms with Crippen molar-refractivity contribution in [1.82, 2.24) is 0 Å². The normalized spacial score (nSPS) is 13.1. The maximum absolute atomic E-state index is 13.9. The Labute approximate surface area is 194 Å². The molecule has 2 aromatic carbocycles. The quantitative estimate of drug-likeness (QED) is 0.348. The van der Waals surface area contributed by atoms with Crippen LogP contribution in [-0.2, 0) is 9.47 Å². The molecule has 1 aliphatic heterocycles. The van der Waals surface area contributed by atoms with Crippen molar-refractivity contribution in [3.8, 4) is 34.5 Å². The van der Waals surface area contributed by atoms with Crippen molar-refractivity contribution in [3.63, 3.8) is 0 Å². The number of hydrogen-bond acceptors (Lipinski definition) is 9. The first kappa shape index (κ1) is 24.0. The Hall–Kier alpha value is -2.69. The third-order valence-corrected chi connectivity index (χ3v) is 5.76. The van der Waals surface area contributed by atoms with Crippen LogP contribution in [0.25, 0.3) is 0 Å². The molecule has 1 heterocycles. The molecule has 1 aliphatic rings. The Morgan fingerprint density at radius 3 is 2.00 bits per heavy atom. The average molecular weight is 513 g/mol. The Morgan fingerprint density at radius 1 is 0.844 bits per heavy atom. The number of halogens is 1. The van der Waals surface area contributed by atoms with E-state index in [1.165, 1.54) is 42.7 Å². The molecule has 0 N–H and O–H groups in total. The molecule has 9 nitrogen and oxygen atoms in total. The van der Waals surface area contributed by atoms with Crippen LogP contribution in [0.5, 0.6) is 34.5 Å². The summed E-state index contributed by atoms with van der Waals surface area (Å²) in [7, 11) is 8.90. The fourth-order valence-electron chi connectivity index (χ4n) is 3.62. The molecule has 0 saturated heterocycles. The molecule has 0 aliphatic carbocycles. The summed E-state index contributed by atoms with van der Waals surface area (Å²) < 4.78 is 44.5. The van der Waals surface area contributed by atoms with Gasteiger partial charge in [0.15, 0.2) is 35.1 Å². The molecule has 0 saturated carbocycles. The first-order chi connectivity index (χ1) is 15.4. The molecular formula is C22H25BrO9. The molecule has 0 unspecified atom stereocenters. The Kier molecular flexibility index (Phi) is 7.70. The van der Waals surface area contributed by atoms with Gasteiger partial charge in [-0.1, -0.05) is 0 Å². The summed E-state index contributed by atoms with van der Waals surface area (Å²) in [4.78, 5) is 13.9. The highest BCUT2D eigenvalue weighted by Crippen LogP contribution is 2.52. The van der Waals surface area contributed by atoms with Gasteiger partial charge in [0.2, 0.25) is 18.3 Å². The largest absolute Gasteiger partial charge is 0.493 e. The van der Waals surface area contributed by atoms with E-state index < -0.39 is 12.2 Å². The third-order valence-electron chi connectivity index (χ3n) is 5.11. The molecule has 1 atom stereocenters. The molecule has 2 aromatic rings. The van der Waals surface area contributed by atoms with Crippen molar-refractivity contribution in [1.29, 1.82) is 0 Å². The molecule has 0 spiro atoms.